The summed E-state index contributed by atoms with van der Waals surface area (Å²) in [6, 6.07) is 74.0. The van der Waals surface area contributed by atoms with Gasteiger partial charge < -0.3 is 0 Å². The van der Waals surface area contributed by atoms with Gasteiger partial charge in [-0.1, -0.05) is 0 Å². The van der Waals surface area contributed by atoms with E-state index in [9.17, 15) is 2.74 Å². The van der Waals surface area contributed by atoms with Crippen LogP contribution in [0.4, 0.5) is 17.1 Å². The van der Waals surface area contributed by atoms with E-state index in [1.54, 1.807) is 0 Å². The molecule has 0 aliphatic carbocycles. The third-order valence-corrected chi connectivity index (χ3v) is 16.3. The zero-order chi connectivity index (χ0) is 49.0. The zero-order valence-electron chi connectivity index (χ0n) is 42.0. The zero-order valence-corrected chi connectivity index (χ0v) is 39.7. The van der Waals surface area contributed by atoms with Crippen LogP contribution in [0.15, 0.2) is 230 Å². The molecule has 0 unspecified atom stereocenters. The molecule has 2 nitrogen and oxygen atoms in total. The maximum atomic E-state index is 9.66. The fourth-order valence-corrected chi connectivity index (χ4v) is 13.3. The number of rotatable bonds is 6. The average molecular weight is 938 g/mol. The van der Waals surface area contributed by atoms with Gasteiger partial charge in [-0.2, -0.15) is 0 Å². The predicted octanol–water partition coefficient (Wildman–Crippen LogP) is 13.0. The van der Waals surface area contributed by atoms with Crippen LogP contribution in [0.2, 0.25) is 0 Å². The average Bonchev–Trinajstić information content (AvgIpc) is 3.77. The summed E-state index contributed by atoms with van der Waals surface area (Å²) in [6.45, 7) is 6.46. The van der Waals surface area contributed by atoms with Crippen LogP contribution in [0.25, 0.3) is 72.0 Å². The molecule has 0 N–H and O–H groups in total. The molecule has 2 aliphatic heterocycles. The molecule has 68 heavy (non-hydrogen) atoms. The van der Waals surface area contributed by atoms with Crippen molar-refractivity contribution in [3.63, 3.8) is 0 Å². The molecule has 0 saturated heterocycles. The Labute approximate surface area is 411 Å². The summed E-state index contributed by atoms with van der Waals surface area (Å²) in [5.74, 6) is 0. The second-order valence-electron chi connectivity index (χ2n) is 19.0. The second kappa shape index (κ2) is 16.0. The monoisotopic (exact) mass is 938 g/mol. The van der Waals surface area contributed by atoms with E-state index in [0.717, 1.165) is 72.6 Å². The van der Waals surface area contributed by atoms with E-state index < -0.39 is 0 Å². The number of benzene rings is 10. The van der Waals surface area contributed by atoms with Crippen molar-refractivity contribution in [3.05, 3.63) is 236 Å². The topological polar surface area (TPSA) is 8.17 Å². The first-order valence-corrected chi connectivity index (χ1v) is 25.1. The van der Waals surface area contributed by atoms with Crippen LogP contribution < -0.4 is 30.2 Å². The van der Waals surface area contributed by atoms with Crippen LogP contribution >= 0.6 is 0 Å². The Morgan fingerprint density at radius 1 is 0.456 bits per heavy atom. The summed E-state index contributed by atoms with van der Waals surface area (Å²) in [4.78, 5) is 2.53. The predicted molar refractivity (Wildman–Crippen MR) is 292 cm³/mol. The summed E-state index contributed by atoms with van der Waals surface area (Å²) in [5, 5.41) is 1.35. The number of anilines is 3. The number of hydrogen-bond donors (Lipinski definition) is 0. The minimum atomic E-state index is -0.244. The molecule has 3 heterocycles. The number of nitrogens with zero attached hydrogens (tertiary/aromatic N) is 2. The molecule has 0 fully saturated rings. The van der Waals surface area contributed by atoms with Crippen LogP contribution in [-0.4, -0.2) is 26.2 Å². The third kappa shape index (κ3) is 6.62. The molecule has 1 aromatic heterocycles. The summed E-state index contributed by atoms with van der Waals surface area (Å²) in [5.41, 5.74) is 19.1. The van der Waals surface area contributed by atoms with Gasteiger partial charge in [-0.05, 0) is 0 Å². The fraction of sp³-hybridized carbons (Fsp3) is 0.0625. The Bertz CT molecular complexity index is 3930. The summed E-state index contributed by atoms with van der Waals surface area (Å²) >= 11 is -0.164. The summed E-state index contributed by atoms with van der Waals surface area (Å²) in [7, 11) is 0. The molecule has 0 atom stereocenters. The Kier molecular flexibility index (Phi) is 8.60. The normalized spacial score (nSPS) is 13.6. The van der Waals surface area contributed by atoms with Crippen LogP contribution in [0.5, 0.6) is 0 Å². The quantitative estimate of drug-likeness (QED) is 0.151. The van der Waals surface area contributed by atoms with Crippen molar-refractivity contribution < 1.29 is 5.48 Å². The first kappa shape index (κ1) is 36.5. The van der Waals surface area contributed by atoms with Gasteiger partial charge in [-0.25, -0.2) is 0 Å². The Morgan fingerprint density at radius 3 is 1.68 bits per heavy atom. The number of fused-ring (bicyclic) bond motifs is 7. The van der Waals surface area contributed by atoms with E-state index in [1.165, 1.54) is 36.4 Å². The number of aromatic nitrogens is 1. The van der Waals surface area contributed by atoms with Crippen molar-refractivity contribution >= 4 is 85.8 Å². The van der Waals surface area contributed by atoms with Gasteiger partial charge in [0.2, 0.25) is 0 Å². The number of hydrogen-bond acceptors (Lipinski definition) is 1. The SMILES string of the molecule is [2H]c1c([2H])c([2H])c2c(c1[2H])c1cc(C(C)(C)C)ccc1n2-c1cc2c3c(c1)N(c1c(-c4ccccc4)cccc1-c1ccccc1)c1cc(-c4ccccc4)ccc1B3c1ccc(-c3ccccc3)cc1[Se]2. The molecule has 322 valence electrons. The molecule has 0 radical (unpaired) electrons. The summed E-state index contributed by atoms with van der Waals surface area (Å²) in [6.07, 6.45) is 0. The van der Waals surface area contributed by atoms with Crippen LogP contribution in [0.1, 0.15) is 31.8 Å². The molecule has 0 spiro atoms. The van der Waals surface area contributed by atoms with E-state index in [1.807, 2.05) is 0 Å². The molecular weight excluding hydrogens is 886 g/mol. The van der Waals surface area contributed by atoms with Gasteiger partial charge in [-0.3, -0.25) is 0 Å². The van der Waals surface area contributed by atoms with Crippen LogP contribution in [0.3, 0.4) is 0 Å². The van der Waals surface area contributed by atoms with E-state index in [-0.39, 0.29) is 51.3 Å². The molecular formula is C64H47BN2Se. The minimum absolute atomic E-state index is 0.0277. The standard InChI is InChI=1S/C64H47BN2Se/c1-64(2,3)48-33-36-57-53(39-48)52-27-16-17-30-56(52)66(57)49-40-59-62-61(41-49)68-60-38-47(43-21-10-5-11-22-43)32-35-55(60)65(62)54-34-31-46(42-19-8-4-9-20-42)37-58(54)67(59)63-50(44-23-12-6-13-24-44)28-18-29-51(63)45-25-14-7-15-26-45/h4-41H,1-3H3/i16D,17D,27D,30D. The summed E-state index contributed by atoms with van der Waals surface area (Å²) < 4.78 is 41.9. The maximum absolute atomic E-state index is 9.66. The Hall–Kier alpha value is -7.62. The fourth-order valence-electron chi connectivity index (χ4n) is 10.7. The van der Waals surface area contributed by atoms with Gasteiger partial charge in [-0.15, -0.1) is 0 Å². The van der Waals surface area contributed by atoms with E-state index in [4.69, 9.17) is 2.74 Å². The van der Waals surface area contributed by atoms with Crippen LogP contribution in [-0.2, 0) is 5.41 Å². The Morgan fingerprint density at radius 2 is 1.04 bits per heavy atom. The third-order valence-electron chi connectivity index (χ3n) is 13.9. The number of para-hydroxylation sites is 2. The Balaban J connectivity index is 1.19. The van der Waals surface area contributed by atoms with Gasteiger partial charge in [0.1, 0.15) is 0 Å². The van der Waals surface area contributed by atoms with Crippen molar-refractivity contribution in [2.24, 2.45) is 0 Å². The first-order chi connectivity index (χ1) is 35.0. The molecule has 4 heteroatoms. The van der Waals surface area contributed by atoms with Crippen molar-refractivity contribution in [1.29, 1.82) is 0 Å². The van der Waals surface area contributed by atoms with Crippen LogP contribution in [0, 0.1) is 0 Å². The second-order valence-corrected chi connectivity index (χ2v) is 21.3. The van der Waals surface area contributed by atoms with Crippen molar-refractivity contribution in [2.75, 3.05) is 4.90 Å². The van der Waals surface area contributed by atoms with E-state index in [0.29, 0.717) is 10.9 Å². The van der Waals surface area contributed by atoms with Gasteiger partial charge in [0.25, 0.3) is 0 Å². The van der Waals surface area contributed by atoms with Crippen molar-refractivity contribution in [3.8, 4) is 50.2 Å². The van der Waals surface area contributed by atoms with Crippen molar-refractivity contribution in [2.45, 2.75) is 26.2 Å². The molecule has 0 saturated carbocycles. The van der Waals surface area contributed by atoms with Gasteiger partial charge in [0.05, 0.1) is 0 Å². The molecule has 0 amide bonds. The van der Waals surface area contributed by atoms with Gasteiger partial charge >= 0.3 is 413 Å². The van der Waals surface area contributed by atoms with Gasteiger partial charge in [0, 0.05) is 0 Å². The molecule has 2 aliphatic rings. The van der Waals surface area contributed by atoms with Crippen molar-refractivity contribution in [1.82, 2.24) is 4.57 Å². The van der Waals surface area contributed by atoms with Gasteiger partial charge in [0.15, 0.2) is 0 Å². The molecule has 0 bridgehead atoms. The molecule has 11 aromatic rings. The van der Waals surface area contributed by atoms with E-state index >= 15 is 0 Å². The first-order valence-electron chi connectivity index (χ1n) is 25.4. The molecule has 10 aromatic carbocycles. The molecule has 13 rings (SSSR count). The van der Waals surface area contributed by atoms with E-state index in [2.05, 4.69) is 236 Å².